The summed E-state index contributed by atoms with van der Waals surface area (Å²) >= 11 is 0. The number of nitrogens with one attached hydrogen (secondary N) is 1. The molecule has 1 unspecified atom stereocenters. The van der Waals surface area contributed by atoms with Crippen LogP contribution in [0.4, 0.5) is 0 Å². The van der Waals surface area contributed by atoms with E-state index in [1.54, 1.807) is 6.92 Å². The van der Waals surface area contributed by atoms with E-state index in [1.165, 1.54) is 0 Å². The lowest BCUT2D eigenvalue weighted by Gasteiger charge is -2.26. The number of carbonyl (C=O) groups excluding carboxylic acids is 1. The van der Waals surface area contributed by atoms with Crippen molar-refractivity contribution in [1.82, 2.24) is 5.32 Å². The topological polar surface area (TPSA) is 75.3 Å². The van der Waals surface area contributed by atoms with Crippen molar-refractivity contribution in [3.63, 3.8) is 0 Å². The van der Waals surface area contributed by atoms with E-state index < -0.39 is 6.10 Å². The molecule has 0 fully saturated rings. The van der Waals surface area contributed by atoms with Crippen LogP contribution >= 0.6 is 0 Å². The second-order valence-corrected chi connectivity index (χ2v) is 2.87. The molecule has 0 amide bonds. The third kappa shape index (κ3) is 1.49. The minimum Gasteiger partial charge on any atom is -0.385 e. The molecule has 1 atom stereocenters. The highest BCUT2D eigenvalue weighted by molar-refractivity contribution is 6.07. The Kier molecular flexibility index (Phi) is 2.83. The van der Waals surface area contributed by atoms with Gasteiger partial charge in [0.15, 0.2) is 11.9 Å². The van der Waals surface area contributed by atoms with Crippen molar-refractivity contribution in [3.8, 4) is 0 Å². The Balaban J connectivity index is 2.38. The predicted molar refractivity (Wildman–Crippen MR) is 45.4 cm³/mol. The van der Waals surface area contributed by atoms with E-state index in [1.807, 2.05) is 0 Å². The first-order valence-electron chi connectivity index (χ1n) is 4.05. The highest BCUT2D eigenvalue weighted by atomic mass is 16.3. The van der Waals surface area contributed by atoms with E-state index in [4.69, 9.17) is 10.8 Å². The van der Waals surface area contributed by atoms with Gasteiger partial charge in [-0.25, -0.2) is 0 Å². The van der Waals surface area contributed by atoms with Gasteiger partial charge in [-0.15, -0.1) is 0 Å². The molecule has 0 radical (unpaired) electrons. The second-order valence-electron chi connectivity index (χ2n) is 2.87. The molecule has 1 aliphatic rings. The largest absolute Gasteiger partial charge is 0.385 e. The summed E-state index contributed by atoms with van der Waals surface area (Å²) in [6.45, 7) is 3.04. The normalized spacial score (nSPS) is 22.6. The highest BCUT2D eigenvalue weighted by Gasteiger charge is 2.34. The second kappa shape index (κ2) is 3.69. The molecule has 0 aliphatic heterocycles. The van der Waals surface area contributed by atoms with Crippen molar-refractivity contribution >= 4 is 5.78 Å². The zero-order valence-corrected chi connectivity index (χ0v) is 7.13. The van der Waals surface area contributed by atoms with Crippen LogP contribution in [0.1, 0.15) is 13.3 Å². The van der Waals surface area contributed by atoms with Gasteiger partial charge in [-0.1, -0.05) is 0 Å². The lowest BCUT2D eigenvalue weighted by atomic mass is 9.90. The molecule has 4 heteroatoms. The Morgan fingerprint density at radius 3 is 2.83 bits per heavy atom. The predicted octanol–water partition coefficient (Wildman–Crippen LogP) is -0.858. The molecule has 4 N–H and O–H groups in total. The molecule has 12 heavy (non-hydrogen) atoms. The zero-order chi connectivity index (χ0) is 9.14. The molecule has 4 nitrogen and oxygen atoms in total. The molecule has 0 spiro atoms. The molecule has 68 valence electrons. The van der Waals surface area contributed by atoms with Crippen molar-refractivity contribution in [2.45, 2.75) is 19.4 Å². The molecule has 0 saturated carbocycles. The summed E-state index contributed by atoms with van der Waals surface area (Å²) in [4.78, 5) is 10.8. The smallest absolute Gasteiger partial charge is 0.194 e. The van der Waals surface area contributed by atoms with Crippen LogP contribution in [0, 0.1) is 0 Å². The van der Waals surface area contributed by atoms with Crippen LogP contribution in [-0.4, -0.2) is 30.1 Å². The van der Waals surface area contributed by atoms with Gasteiger partial charge in [0, 0.05) is 12.1 Å². The van der Waals surface area contributed by atoms with Crippen LogP contribution in [-0.2, 0) is 4.79 Å². The first-order valence-corrected chi connectivity index (χ1v) is 4.05. The average Bonchev–Trinajstić information content (AvgIpc) is 2.11. The van der Waals surface area contributed by atoms with Crippen molar-refractivity contribution in [3.05, 3.63) is 11.3 Å². The first-order chi connectivity index (χ1) is 5.68. The number of nitrogens with two attached hydrogens (primary N) is 1. The summed E-state index contributed by atoms with van der Waals surface area (Å²) in [6, 6.07) is 0. The van der Waals surface area contributed by atoms with Crippen molar-refractivity contribution in [2.24, 2.45) is 5.73 Å². The number of aliphatic hydroxyl groups is 1. The monoisotopic (exact) mass is 170 g/mol. The fraction of sp³-hybridized carbons (Fsp3) is 0.625. The Morgan fingerprint density at radius 2 is 2.33 bits per heavy atom. The Labute approximate surface area is 71.4 Å². The van der Waals surface area contributed by atoms with Gasteiger partial charge in [0.2, 0.25) is 0 Å². The number of Topliss-reactive ketones (excluding diaryl/α,β-unsaturated/α-hetero) is 1. The van der Waals surface area contributed by atoms with Crippen LogP contribution in [0.3, 0.4) is 0 Å². The van der Waals surface area contributed by atoms with Crippen LogP contribution in [0.15, 0.2) is 11.3 Å². The van der Waals surface area contributed by atoms with E-state index in [-0.39, 0.29) is 5.78 Å². The summed E-state index contributed by atoms with van der Waals surface area (Å²) < 4.78 is 0. The number of hydrogen-bond donors (Lipinski definition) is 3. The van der Waals surface area contributed by atoms with Crippen molar-refractivity contribution in [1.29, 1.82) is 0 Å². The Hall–Kier alpha value is -0.870. The number of rotatable bonds is 4. The lowest BCUT2D eigenvalue weighted by molar-refractivity contribution is -0.124. The van der Waals surface area contributed by atoms with Crippen molar-refractivity contribution in [2.75, 3.05) is 13.1 Å². The SMILES string of the molecule is CC1=C(NCCCN)C(O)C1=O. The Bertz CT molecular complexity index is 223. The molecule has 0 saturated heterocycles. The van der Waals surface area contributed by atoms with Gasteiger partial charge in [0.05, 0.1) is 5.70 Å². The summed E-state index contributed by atoms with van der Waals surface area (Å²) in [6.07, 6.45) is -0.0692. The fourth-order valence-electron chi connectivity index (χ4n) is 1.15. The van der Waals surface area contributed by atoms with E-state index in [9.17, 15) is 4.79 Å². The fourth-order valence-corrected chi connectivity index (χ4v) is 1.15. The maximum absolute atomic E-state index is 10.8. The van der Waals surface area contributed by atoms with Crippen molar-refractivity contribution < 1.29 is 9.90 Å². The van der Waals surface area contributed by atoms with E-state index >= 15 is 0 Å². The van der Waals surface area contributed by atoms with Gasteiger partial charge in [-0.05, 0) is 19.9 Å². The average molecular weight is 170 g/mol. The van der Waals surface area contributed by atoms with Gasteiger partial charge < -0.3 is 16.2 Å². The van der Waals surface area contributed by atoms with E-state index in [0.717, 1.165) is 6.42 Å². The summed E-state index contributed by atoms with van der Waals surface area (Å²) in [7, 11) is 0. The number of ketones is 1. The van der Waals surface area contributed by atoms with E-state index in [2.05, 4.69) is 5.32 Å². The minimum atomic E-state index is -0.914. The van der Waals surface area contributed by atoms with Crippen LogP contribution < -0.4 is 11.1 Å². The maximum Gasteiger partial charge on any atom is 0.194 e. The van der Waals surface area contributed by atoms with E-state index in [0.29, 0.717) is 24.4 Å². The molecule has 0 bridgehead atoms. The van der Waals surface area contributed by atoms with Gasteiger partial charge in [-0.3, -0.25) is 4.79 Å². The zero-order valence-electron chi connectivity index (χ0n) is 7.13. The quantitative estimate of drug-likeness (QED) is 0.480. The van der Waals surface area contributed by atoms with Gasteiger partial charge in [0.1, 0.15) is 0 Å². The number of hydrogen-bond acceptors (Lipinski definition) is 4. The summed E-state index contributed by atoms with van der Waals surface area (Å²) in [5, 5.41) is 12.1. The number of aliphatic hydroxyl groups excluding tert-OH is 1. The minimum absolute atomic E-state index is 0.176. The summed E-state index contributed by atoms with van der Waals surface area (Å²) in [5.41, 5.74) is 6.58. The molecule has 1 rings (SSSR count). The highest BCUT2D eigenvalue weighted by Crippen LogP contribution is 2.21. The molecule has 0 aromatic carbocycles. The van der Waals surface area contributed by atoms with Gasteiger partial charge in [-0.2, -0.15) is 0 Å². The third-order valence-electron chi connectivity index (χ3n) is 1.99. The van der Waals surface area contributed by atoms with Crippen LogP contribution in [0.25, 0.3) is 0 Å². The molecule has 1 aliphatic carbocycles. The molecular weight excluding hydrogens is 156 g/mol. The van der Waals surface area contributed by atoms with Crippen LogP contribution in [0.5, 0.6) is 0 Å². The standard InChI is InChI=1S/C8H14N2O2/c1-5-6(8(12)7(5)11)10-4-2-3-9/h8,10,12H,2-4,9H2,1H3. The third-order valence-corrected chi connectivity index (χ3v) is 1.99. The van der Waals surface area contributed by atoms with Gasteiger partial charge in [0.25, 0.3) is 0 Å². The molecule has 0 aromatic rings. The molecular formula is C8H14N2O2. The number of carbonyl (C=O) groups is 1. The summed E-state index contributed by atoms with van der Waals surface area (Å²) in [5.74, 6) is -0.176. The lowest BCUT2D eigenvalue weighted by Crippen LogP contribution is -2.42. The Morgan fingerprint density at radius 1 is 1.67 bits per heavy atom. The van der Waals surface area contributed by atoms with Crippen LogP contribution in [0.2, 0.25) is 0 Å². The van der Waals surface area contributed by atoms with Gasteiger partial charge >= 0.3 is 0 Å². The maximum atomic E-state index is 10.8. The molecule has 0 heterocycles. The first kappa shape index (κ1) is 9.22. The molecule has 0 aromatic heterocycles.